The van der Waals surface area contributed by atoms with Crippen LogP contribution < -0.4 is 15.5 Å². The zero-order valence-corrected chi connectivity index (χ0v) is 15.8. The quantitative estimate of drug-likeness (QED) is 0.789. The molecular formula is C18H31N7. The average molecular weight is 345 g/mol. The fourth-order valence-corrected chi connectivity index (χ4v) is 2.62. The summed E-state index contributed by atoms with van der Waals surface area (Å²) in [5, 5.41) is 13.4. The third-order valence-electron chi connectivity index (χ3n) is 3.90. The Bertz CT molecular complexity index is 615. The van der Waals surface area contributed by atoms with Crippen molar-refractivity contribution in [3.63, 3.8) is 0 Å². The lowest BCUT2D eigenvalue weighted by Gasteiger charge is -2.15. The molecule has 2 aliphatic rings. The third-order valence-corrected chi connectivity index (χ3v) is 3.90. The lowest BCUT2D eigenvalue weighted by molar-refractivity contribution is 0.899. The Hall–Kier alpha value is -2.15. The van der Waals surface area contributed by atoms with Crippen molar-refractivity contribution in [2.45, 2.75) is 45.4 Å². The number of rotatable bonds is 4. The molecule has 1 saturated carbocycles. The van der Waals surface area contributed by atoms with Gasteiger partial charge in [-0.15, -0.1) is 0 Å². The van der Waals surface area contributed by atoms with E-state index in [4.69, 9.17) is 0 Å². The van der Waals surface area contributed by atoms with Gasteiger partial charge in [0.25, 0.3) is 0 Å². The lowest BCUT2D eigenvalue weighted by atomic mass is 10.3. The Morgan fingerprint density at radius 2 is 1.80 bits per heavy atom. The van der Waals surface area contributed by atoms with Crippen LogP contribution in [-0.4, -0.2) is 47.4 Å². The molecule has 0 aromatic carbocycles. The molecule has 1 aliphatic carbocycles. The molecule has 7 heteroatoms. The van der Waals surface area contributed by atoms with Crippen molar-refractivity contribution in [2.75, 3.05) is 37.4 Å². The Morgan fingerprint density at radius 1 is 1.12 bits per heavy atom. The van der Waals surface area contributed by atoms with Gasteiger partial charge in [-0.05, 0) is 45.8 Å². The summed E-state index contributed by atoms with van der Waals surface area (Å²) in [6.07, 6.45) is 6.80. The molecule has 0 atom stereocenters. The summed E-state index contributed by atoms with van der Waals surface area (Å²) in [6.45, 7) is 6.11. The van der Waals surface area contributed by atoms with Crippen LogP contribution in [0.3, 0.4) is 0 Å². The van der Waals surface area contributed by atoms with E-state index in [-0.39, 0.29) is 0 Å². The molecule has 2 aromatic heterocycles. The number of hydrogen-bond donors (Lipinski definition) is 3. The minimum atomic E-state index is 0.684. The summed E-state index contributed by atoms with van der Waals surface area (Å²) >= 11 is 0. The summed E-state index contributed by atoms with van der Waals surface area (Å²) in [4.78, 5) is 11.2. The van der Waals surface area contributed by atoms with Gasteiger partial charge in [0.2, 0.25) is 5.95 Å². The molecule has 7 nitrogen and oxygen atoms in total. The molecule has 2 aromatic rings. The van der Waals surface area contributed by atoms with Crippen molar-refractivity contribution in [3.8, 4) is 0 Å². The van der Waals surface area contributed by atoms with E-state index < -0.39 is 0 Å². The van der Waals surface area contributed by atoms with Gasteiger partial charge in [-0.3, -0.25) is 5.10 Å². The van der Waals surface area contributed by atoms with E-state index >= 15 is 0 Å². The Balaban J connectivity index is 0.000000410. The van der Waals surface area contributed by atoms with E-state index in [9.17, 15) is 0 Å². The SMILES string of the molecule is CC.CNC.c1cc(Nc2cc(C3CC3)[nH]n2)nc(N2CCCC2)n1. The molecule has 3 heterocycles. The molecule has 2 fully saturated rings. The van der Waals surface area contributed by atoms with Gasteiger partial charge in [0.1, 0.15) is 5.82 Å². The third kappa shape index (κ3) is 5.70. The first-order valence-corrected chi connectivity index (χ1v) is 9.29. The van der Waals surface area contributed by atoms with Crippen LogP contribution in [0.25, 0.3) is 0 Å². The normalized spacial score (nSPS) is 15.8. The summed E-state index contributed by atoms with van der Waals surface area (Å²) in [5.74, 6) is 3.13. The van der Waals surface area contributed by atoms with E-state index in [1.807, 2.05) is 34.0 Å². The smallest absolute Gasteiger partial charge is 0.227 e. The second-order valence-corrected chi connectivity index (χ2v) is 6.04. The van der Waals surface area contributed by atoms with E-state index in [2.05, 4.69) is 41.8 Å². The van der Waals surface area contributed by atoms with Crippen LogP contribution >= 0.6 is 0 Å². The zero-order chi connectivity index (χ0) is 18.1. The number of nitrogens with one attached hydrogen (secondary N) is 3. The summed E-state index contributed by atoms with van der Waals surface area (Å²) < 4.78 is 0. The Labute approximate surface area is 150 Å². The first-order chi connectivity index (χ1) is 12.3. The van der Waals surface area contributed by atoms with Crippen molar-refractivity contribution >= 4 is 17.6 Å². The van der Waals surface area contributed by atoms with Gasteiger partial charge in [0, 0.05) is 37.0 Å². The molecule has 0 amide bonds. The van der Waals surface area contributed by atoms with Gasteiger partial charge >= 0.3 is 0 Å². The van der Waals surface area contributed by atoms with Gasteiger partial charge in [-0.25, -0.2) is 4.98 Å². The van der Waals surface area contributed by atoms with E-state index in [1.54, 1.807) is 6.20 Å². The van der Waals surface area contributed by atoms with Gasteiger partial charge in [-0.1, -0.05) is 13.8 Å². The van der Waals surface area contributed by atoms with Crippen LogP contribution in [0.15, 0.2) is 18.3 Å². The number of H-pyrrole nitrogens is 1. The highest BCUT2D eigenvalue weighted by Gasteiger charge is 2.25. The molecule has 25 heavy (non-hydrogen) atoms. The van der Waals surface area contributed by atoms with Crippen molar-refractivity contribution in [1.29, 1.82) is 0 Å². The fraction of sp³-hybridized carbons (Fsp3) is 0.611. The maximum atomic E-state index is 4.57. The van der Waals surface area contributed by atoms with E-state index in [0.717, 1.165) is 30.7 Å². The van der Waals surface area contributed by atoms with Gasteiger partial charge < -0.3 is 15.5 Å². The summed E-state index contributed by atoms with van der Waals surface area (Å²) in [6, 6.07) is 3.96. The predicted molar refractivity (Wildman–Crippen MR) is 104 cm³/mol. The highest BCUT2D eigenvalue weighted by molar-refractivity contribution is 5.53. The van der Waals surface area contributed by atoms with E-state index in [1.165, 1.54) is 31.4 Å². The highest BCUT2D eigenvalue weighted by atomic mass is 15.3. The monoisotopic (exact) mass is 345 g/mol. The predicted octanol–water partition coefficient (Wildman–Crippen LogP) is 3.28. The minimum absolute atomic E-state index is 0.684. The maximum Gasteiger partial charge on any atom is 0.227 e. The number of anilines is 3. The van der Waals surface area contributed by atoms with Crippen LogP contribution in [0.4, 0.5) is 17.6 Å². The first kappa shape index (κ1) is 19.2. The largest absolute Gasteiger partial charge is 0.341 e. The molecular weight excluding hydrogens is 314 g/mol. The number of nitrogens with zero attached hydrogens (tertiary/aromatic N) is 4. The van der Waals surface area contributed by atoms with Crippen LogP contribution in [-0.2, 0) is 0 Å². The topological polar surface area (TPSA) is 81.8 Å². The number of aromatic amines is 1. The van der Waals surface area contributed by atoms with Gasteiger partial charge in [0.15, 0.2) is 5.82 Å². The maximum absolute atomic E-state index is 4.57. The lowest BCUT2D eigenvalue weighted by Crippen LogP contribution is -2.20. The van der Waals surface area contributed by atoms with Crippen molar-refractivity contribution in [1.82, 2.24) is 25.5 Å². The molecule has 0 spiro atoms. The van der Waals surface area contributed by atoms with Crippen LogP contribution in [0.2, 0.25) is 0 Å². The summed E-state index contributed by atoms with van der Waals surface area (Å²) in [5.41, 5.74) is 1.22. The summed E-state index contributed by atoms with van der Waals surface area (Å²) in [7, 11) is 3.75. The Morgan fingerprint density at radius 3 is 2.44 bits per heavy atom. The van der Waals surface area contributed by atoms with E-state index in [0.29, 0.717) is 5.92 Å². The average Bonchev–Trinajstić information content (AvgIpc) is 3.14. The molecule has 1 saturated heterocycles. The fourth-order valence-electron chi connectivity index (χ4n) is 2.62. The van der Waals surface area contributed by atoms with Crippen LogP contribution in [0.5, 0.6) is 0 Å². The Kier molecular flexibility index (Phi) is 7.66. The van der Waals surface area contributed by atoms with Crippen LogP contribution in [0.1, 0.15) is 51.1 Å². The molecule has 0 radical (unpaired) electrons. The molecule has 1 aliphatic heterocycles. The molecule has 4 rings (SSSR count). The van der Waals surface area contributed by atoms with Crippen LogP contribution in [0, 0.1) is 0 Å². The second kappa shape index (κ2) is 9.98. The zero-order valence-electron chi connectivity index (χ0n) is 15.8. The second-order valence-electron chi connectivity index (χ2n) is 6.04. The number of aromatic nitrogens is 4. The minimum Gasteiger partial charge on any atom is -0.341 e. The first-order valence-electron chi connectivity index (χ1n) is 9.29. The molecule has 0 bridgehead atoms. The molecule has 3 N–H and O–H groups in total. The van der Waals surface area contributed by atoms with Crippen molar-refractivity contribution in [2.24, 2.45) is 0 Å². The number of hydrogen-bond acceptors (Lipinski definition) is 6. The molecule has 138 valence electrons. The van der Waals surface area contributed by atoms with Crippen molar-refractivity contribution < 1.29 is 0 Å². The highest BCUT2D eigenvalue weighted by Crippen LogP contribution is 2.39. The van der Waals surface area contributed by atoms with Gasteiger partial charge in [-0.2, -0.15) is 10.1 Å². The molecule has 0 unspecified atom stereocenters. The standard InChI is InChI=1S/C14H18N6.C2H7N.C2H6/c1-2-8-20(7-1)14-15-6-5-12(17-14)16-13-9-11(18-19-13)10-3-4-10;1-3-2;1-2/h5-6,9-10H,1-4,7-8H2,(H2,15,16,17,18,19);3H,1-2H3;1-2H3. The van der Waals surface area contributed by atoms with Crippen molar-refractivity contribution in [3.05, 3.63) is 24.0 Å². The van der Waals surface area contributed by atoms with Gasteiger partial charge in [0.05, 0.1) is 0 Å².